The number of piperidine rings is 1. The minimum absolute atomic E-state index is 0.0434. The third-order valence-corrected chi connectivity index (χ3v) is 3.80. The molecule has 1 aromatic carbocycles. The second kappa shape index (κ2) is 5.28. The predicted octanol–water partition coefficient (Wildman–Crippen LogP) is 3.60. The first-order valence-electron chi connectivity index (χ1n) is 6.38. The largest absolute Gasteiger partial charge is 0.370 e. The second-order valence-corrected chi connectivity index (χ2v) is 5.60. The van der Waals surface area contributed by atoms with Gasteiger partial charge in [0.2, 0.25) is 0 Å². The van der Waals surface area contributed by atoms with Crippen LogP contribution in [0.15, 0.2) is 18.2 Å². The van der Waals surface area contributed by atoms with Crippen molar-refractivity contribution in [3.63, 3.8) is 0 Å². The lowest BCUT2D eigenvalue weighted by Gasteiger charge is -2.33. The normalized spacial score (nSPS) is 22.6. The minimum atomic E-state index is 0.0434. The Kier molecular flexibility index (Phi) is 3.95. The molecule has 0 radical (unpaired) electrons. The fourth-order valence-corrected chi connectivity index (χ4v) is 2.78. The lowest BCUT2D eigenvalue weighted by Crippen LogP contribution is -2.34. The number of benzene rings is 1. The quantitative estimate of drug-likeness (QED) is 0.872. The van der Waals surface area contributed by atoms with E-state index >= 15 is 0 Å². The summed E-state index contributed by atoms with van der Waals surface area (Å²) < 4.78 is 0. The summed E-state index contributed by atoms with van der Waals surface area (Å²) in [7, 11) is 0. The van der Waals surface area contributed by atoms with Gasteiger partial charge in [-0.1, -0.05) is 24.6 Å². The van der Waals surface area contributed by atoms with Crippen LogP contribution in [0, 0.1) is 5.92 Å². The highest BCUT2D eigenvalue weighted by molar-refractivity contribution is 6.33. The summed E-state index contributed by atoms with van der Waals surface area (Å²) in [4.78, 5) is 2.39. The first-order valence-corrected chi connectivity index (χ1v) is 6.75. The van der Waals surface area contributed by atoms with Crippen LogP contribution in [-0.4, -0.2) is 13.1 Å². The number of hydrogen-bond acceptors (Lipinski definition) is 2. The molecule has 94 valence electrons. The Morgan fingerprint density at radius 3 is 2.82 bits per heavy atom. The molecule has 2 rings (SSSR count). The maximum atomic E-state index is 6.36. The van der Waals surface area contributed by atoms with Crippen LogP contribution in [-0.2, 0) is 0 Å². The topological polar surface area (TPSA) is 29.3 Å². The molecule has 0 amide bonds. The molecule has 0 saturated carbocycles. The van der Waals surface area contributed by atoms with Gasteiger partial charge in [-0.25, -0.2) is 0 Å². The molecule has 2 N–H and O–H groups in total. The molecule has 1 heterocycles. The zero-order chi connectivity index (χ0) is 12.4. The molecule has 0 bridgehead atoms. The molecule has 1 saturated heterocycles. The fraction of sp³-hybridized carbons (Fsp3) is 0.571. The zero-order valence-electron chi connectivity index (χ0n) is 10.6. The van der Waals surface area contributed by atoms with Gasteiger partial charge in [0.25, 0.3) is 0 Å². The van der Waals surface area contributed by atoms with Crippen LogP contribution in [0.3, 0.4) is 0 Å². The van der Waals surface area contributed by atoms with E-state index in [0.29, 0.717) is 0 Å². The third-order valence-electron chi connectivity index (χ3n) is 3.50. The van der Waals surface area contributed by atoms with Crippen LogP contribution in [0.2, 0.25) is 5.02 Å². The van der Waals surface area contributed by atoms with Crippen LogP contribution < -0.4 is 10.6 Å². The molecular weight excluding hydrogens is 232 g/mol. The third kappa shape index (κ3) is 2.93. The number of nitrogens with zero attached hydrogens (tertiary/aromatic N) is 1. The Bertz CT molecular complexity index is 390. The lowest BCUT2D eigenvalue weighted by molar-refractivity contribution is 0.447. The van der Waals surface area contributed by atoms with Crippen molar-refractivity contribution in [1.82, 2.24) is 0 Å². The minimum Gasteiger partial charge on any atom is -0.370 e. The average Bonchev–Trinajstić information content (AvgIpc) is 2.28. The van der Waals surface area contributed by atoms with Gasteiger partial charge < -0.3 is 10.6 Å². The van der Waals surface area contributed by atoms with Gasteiger partial charge >= 0.3 is 0 Å². The van der Waals surface area contributed by atoms with Crippen molar-refractivity contribution in [2.75, 3.05) is 18.0 Å². The van der Waals surface area contributed by atoms with Crippen LogP contribution in [0.25, 0.3) is 0 Å². The molecule has 0 spiro atoms. The Hall–Kier alpha value is -0.730. The van der Waals surface area contributed by atoms with Gasteiger partial charge in [-0.15, -0.1) is 0 Å². The van der Waals surface area contributed by atoms with E-state index in [1.807, 2.05) is 13.0 Å². The Balaban J connectivity index is 2.21. The number of rotatable bonds is 2. The van der Waals surface area contributed by atoms with Crippen molar-refractivity contribution in [3.8, 4) is 0 Å². The lowest BCUT2D eigenvalue weighted by atomic mass is 9.99. The van der Waals surface area contributed by atoms with Crippen LogP contribution in [0.1, 0.15) is 38.3 Å². The van der Waals surface area contributed by atoms with Gasteiger partial charge in [0, 0.05) is 19.1 Å². The Morgan fingerprint density at radius 2 is 2.24 bits per heavy atom. The highest BCUT2D eigenvalue weighted by Gasteiger charge is 2.18. The first kappa shape index (κ1) is 12.7. The molecule has 1 aliphatic rings. The first-order chi connectivity index (χ1) is 8.08. The van der Waals surface area contributed by atoms with Gasteiger partial charge in [-0.05, 0) is 43.4 Å². The van der Waals surface area contributed by atoms with E-state index in [4.69, 9.17) is 17.3 Å². The van der Waals surface area contributed by atoms with Crippen molar-refractivity contribution >= 4 is 17.3 Å². The average molecular weight is 253 g/mol. The summed E-state index contributed by atoms with van der Waals surface area (Å²) in [6.45, 7) is 6.50. The Labute approximate surface area is 109 Å². The maximum absolute atomic E-state index is 6.36. The SMILES string of the molecule is C[C@H]1CCCN(c2ccc([C@@H](C)N)cc2Cl)C1. The molecule has 1 aromatic rings. The molecule has 1 aliphatic heterocycles. The van der Waals surface area contributed by atoms with Crippen molar-refractivity contribution in [2.24, 2.45) is 11.7 Å². The maximum Gasteiger partial charge on any atom is 0.0642 e. The highest BCUT2D eigenvalue weighted by Crippen LogP contribution is 2.31. The number of anilines is 1. The van der Waals surface area contributed by atoms with E-state index < -0.39 is 0 Å². The molecule has 17 heavy (non-hydrogen) atoms. The summed E-state index contributed by atoms with van der Waals surface area (Å²) in [5, 5.41) is 0.828. The summed E-state index contributed by atoms with van der Waals surface area (Å²) in [6.07, 6.45) is 2.58. The van der Waals surface area contributed by atoms with Crippen molar-refractivity contribution in [1.29, 1.82) is 0 Å². The van der Waals surface area contributed by atoms with E-state index in [0.717, 1.165) is 35.3 Å². The van der Waals surface area contributed by atoms with Gasteiger partial charge in [0.1, 0.15) is 0 Å². The van der Waals surface area contributed by atoms with Gasteiger partial charge in [0.15, 0.2) is 0 Å². The molecule has 0 unspecified atom stereocenters. The predicted molar refractivity (Wildman–Crippen MR) is 74.7 cm³/mol. The van der Waals surface area contributed by atoms with Crippen LogP contribution in [0.5, 0.6) is 0 Å². The summed E-state index contributed by atoms with van der Waals surface area (Å²) in [5.74, 6) is 0.757. The van der Waals surface area contributed by atoms with Crippen molar-refractivity contribution in [3.05, 3.63) is 28.8 Å². The number of halogens is 1. The zero-order valence-corrected chi connectivity index (χ0v) is 11.4. The molecule has 3 heteroatoms. The van der Waals surface area contributed by atoms with E-state index in [1.165, 1.54) is 12.8 Å². The van der Waals surface area contributed by atoms with Crippen LogP contribution in [0.4, 0.5) is 5.69 Å². The molecule has 0 aliphatic carbocycles. The van der Waals surface area contributed by atoms with Gasteiger partial charge in [0.05, 0.1) is 10.7 Å². The Morgan fingerprint density at radius 1 is 1.47 bits per heavy atom. The summed E-state index contributed by atoms with van der Waals surface area (Å²) >= 11 is 6.36. The number of hydrogen-bond donors (Lipinski definition) is 1. The van der Waals surface area contributed by atoms with Crippen molar-refractivity contribution < 1.29 is 0 Å². The van der Waals surface area contributed by atoms with Gasteiger partial charge in [-0.2, -0.15) is 0 Å². The fourth-order valence-electron chi connectivity index (χ4n) is 2.47. The molecule has 0 aromatic heterocycles. The van der Waals surface area contributed by atoms with E-state index in [9.17, 15) is 0 Å². The number of nitrogens with two attached hydrogens (primary N) is 1. The molecule has 1 fully saturated rings. The van der Waals surface area contributed by atoms with E-state index in [2.05, 4.69) is 24.0 Å². The molecular formula is C14H21ClN2. The standard InChI is InChI=1S/C14H21ClN2/c1-10-4-3-7-17(9-10)14-6-5-12(11(2)16)8-13(14)15/h5-6,8,10-11H,3-4,7,9,16H2,1-2H3/t10-,11+/m0/s1. The molecule has 2 nitrogen and oxygen atoms in total. The highest BCUT2D eigenvalue weighted by atomic mass is 35.5. The van der Waals surface area contributed by atoms with E-state index in [-0.39, 0.29) is 6.04 Å². The van der Waals surface area contributed by atoms with E-state index in [1.54, 1.807) is 0 Å². The summed E-state index contributed by atoms with van der Waals surface area (Å²) in [6, 6.07) is 6.24. The van der Waals surface area contributed by atoms with Crippen molar-refractivity contribution in [2.45, 2.75) is 32.7 Å². The monoisotopic (exact) mass is 252 g/mol. The van der Waals surface area contributed by atoms with Crippen LogP contribution >= 0.6 is 11.6 Å². The second-order valence-electron chi connectivity index (χ2n) is 5.19. The summed E-state index contributed by atoms with van der Waals surface area (Å²) in [5.41, 5.74) is 8.12. The smallest absolute Gasteiger partial charge is 0.0642 e. The molecule has 2 atom stereocenters. The van der Waals surface area contributed by atoms with Gasteiger partial charge in [-0.3, -0.25) is 0 Å².